The van der Waals surface area contributed by atoms with Crippen LogP contribution in [0, 0.1) is 11.6 Å². The molecule has 2 aromatic rings. The van der Waals surface area contributed by atoms with Gasteiger partial charge in [0.05, 0.1) is 15.6 Å². The lowest BCUT2D eigenvalue weighted by molar-refractivity contribution is 0.0988. The fourth-order valence-electron chi connectivity index (χ4n) is 1.67. The Morgan fingerprint density at radius 1 is 0.947 bits per heavy atom. The fourth-order valence-corrected chi connectivity index (χ4v) is 2.04. The number of hydrogen-bond acceptors (Lipinski definition) is 1. The van der Waals surface area contributed by atoms with Gasteiger partial charge in [-0.1, -0.05) is 41.4 Å². The normalized spacial score (nSPS) is 10.5. The highest BCUT2D eigenvalue weighted by Crippen LogP contribution is 2.22. The molecule has 0 aliphatic carbocycles. The van der Waals surface area contributed by atoms with Crippen molar-refractivity contribution in [3.8, 4) is 0 Å². The molecule has 0 N–H and O–H groups in total. The molecule has 0 aliphatic heterocycles. The summed E-state index contributed by atoms with van der Waals surface area (Å²) in [6, 6.07) is 8.46. The highest BCUT2D eigenvalue weighted by atomic mass is 35.5. The quantitative estimate of drug-likeness (QED) is 0.751. The van der Waals surface area contributed by atoms with E-state index < -0.39 is 17.4 Å². The monoisotopic (exact) mass is 300 g/mol. The van der Waals surface area contributed by atoms with Crippen LogP contribution in [-0.2, 0) is 6.42 Å². The maximum absolute atomic E-state index is 13.7. The van der Waals surface area contributed by atoms with Gasteiger partial charge in [0.1, 0.15) is 5.82 Å². The van der Waals surface area contributed by atoms with E-state index in [0.717, 1.165) is 0 Å². The minimum atomic E-state index is -0.795. The molecule has 0 spiro atoms. The molecule has 0 atom stereocenters. The molecule has 0 aromatic heterocycles. The lowest BCUT2D eigenvalue weighted by atomic mass is 10.0. The van der Waals surface area contributed by atoms with Gasteiger partial charge in [0.2, 0.25) is 0 Å². The number of halogens is 4. The number of hydrogen-bond donors (Lipinski definition) is 0. The van der Waals surface area contributed by atoms with Crippen LogP contribution < -0.4 is 0 Å². The maximum atomic E-state index is 13.7. The average Bonchev–Trinajstić information content (AvgIpc) is 2.38. The van der Waals surface area contributed by atoms with Crippen molar-refractivity contribution in [2.24, 2.45) is 0 Å². The zero-order chi connectivity index (χ0) is 14.0. The third kappa shape index (κ3) is 2.94. The van der Waals surface area contributed by atoms with E-state index in [-0.39, 0.29) is 27.6 Å². The standard InChI is InChI=1S/C14H8Cl2F2O/c15-10-5-1-3-8(13(10)17)7-12(19)9-4-2-6-11(16)14(9)18/h1-6H,7H2. The molecule has 19 heavy (non-hydrogen) atoms. The third-order valence-electron chi connectivity index (χ3n) is 2.63. The first-order chi connectivity index (χ1) is 9.00. The number of rotatable bonds is 3. The van der Waals surface area contributed by atoms with E-state index in [9.17, 15) is 13.6 Å². The number of carbonyl (C=O) groups excluding carboxylic acids is 1. The molecule has 0 aliphatic rings. The SMILES string of the molecule is O=C(Cc1cccc(Cl)c1F)c1cccc(Cl)c1F. The van der Waals surface area contributed by atoms with E-state index in [2.05, 4.69) is 0 Å². The van der Waals surface area contributed by atoms with Crippen molar-refractivity contribution in [1.82, 2.24) is 0 Å². The lowest BCUT2D eigenvalue weighted by Gasteiger charge is -2.06. The minimum Gasteiger partial charge on any atom is -0.294 e. The molecule has 0 fully saturated rings. The summed E-state index contributed by atoms with van der Waals surface area (Å²) < 4.78 is 27.3. The highest BCUT2D eigenvalue weighted by Gasteiger charge is 2.17. The second-order valence-corrected chi connectivity index (χ2v) is 4.73. The first-order valence-electron chi connectivity index (χ1n) is 5.41. The molecule has 2 rings (SSSR count). The Labute approximate surface area is 118 Å². The molecule has 0 amide bonds. The molecule has 5 heteroatoms. The van der Waals surface area contributed by atoms with Gasteiger partial charge >= 0.3 is 0 Å². The Morgan fingerprint density at radius 2 is 1.53 bits per heavy atom. The number of carbonyl (C=O) groups is 1. The van der Waals surface area contributed by atoms with Crippen molar-refractivity contribution in [3.05, 3.63) is 69.2 Å². The van der Waals surface area contributed by atoms with Gasteiger partial charge < -0.3 is 0 Å². The summed E-state index contributed by atoms with van der Waals surface area (Å²) in [5, 5.41) is -0.214. The first-order valence-corrected chi connectivity index (χ1v) is 6.16. The van der Waals surface area contributed by atoms with Gasteiger partial charge in [-0.25, -0.2) is 8.78 Å². The van der Waals surface area contributed by atoms with Gasteiger partial charge in [0, 0.05) is 6.42 Å². The molecule has 0 heterocycles. The van der Waals surface area contributed by atoms with Gasteiger partial charge in [0.15, 0.2) is 11.6 Å². The summed E-state index contributed by atoms with van der Waals surface area (Å²) >= 11 is 11.2. The number of Topliss-reactive ketones (excluding diaryl/α,β-unsaturated/α-hetero) is 1. The van der Waals surface area contributed by atoms with Gasteiger partial charge in [-0.3, -0.25) is 4.79 Å². The van der Waals surface area contributed by atoms with Crippen LogP contribution in [0.15, 0.2) is 36.4 Å². The summed E-state index contributed by atoms with van der Waals surface area (Å²) in [4.78, 5) is 11.9. The van der Waals surface area contributed by atoms with Crippen molar-refractivity contribution in [1.29, 1.82) is 0 Å². The van der Waals surface area contributed by atoms with Gasteiger partial charge in [-0.15, -0.1) is 0 Å². The van der Waals surface area contributed by atoms with Crippen molar-refractivity contribution >= 4 is 29.0 Å². The molecule has 0 bridgehead atoms. The van der Waals surface area contributed by atoms with Crippen LogP contribution in [0.4, 0.5) is 8.78 Å². The largest absolute Gasteiger partial charge is 0.294 e. The Bertz CT molecular complexity index is 641. The molecule has 2 aromatic carbocycles. The molecule has 0 saturated carbocycles. The summed E-state index contributed by atoms with van der Waals surface area (Å²) in [5.74, 6) is -2.02. The first kappa shape index (κ1) is 14.0. The summed E-state index contributed by atoms with van der Waals surface area (Å²) in [6.45, 7) is 0. The fraction of sp³-hybridized carbons (Fsp3) is 0.0714. The molecule has 98 valence electrons. The Hall–Kier alpha value is -1.45. The van der Waals surface area contributed by atoms with E-state index in [4.69, 9.17) is 23.2 Å². The molecular weight excluding hydrogens is 293 g/mol. The molecule has 0 saturated heterocycles. The number of ketones is 1. The van der Waals surface area contributed by atoms with Crippen LogP contribution in [0.1, 0.15) is 15.9 Å². The topological polar surface area (TPSA) is 17.1 Å². The van der Waals surface area contributed by atoms with Crippen molar-refractivity contribution < 1.29 is 13.6 Å². The van der Waals surface area contributed by atoms with E-state index >= 15 is 0 Å². The summed E-state index contributed by atoms with van der Waals surface area (Å²) in [7, 11) is 0. The summed E-state index contributed by atoms with van der Waals surface area (Å²) in [5.41, 5.74) is -0.0382. The second-order valence-electron chi connectivity index (χ2n) is 3.91. The van der Waals surface area contributed by atoms with Crippen LogP contribution in [0.3, 0.4) is 0 Å². The van der Waals surface area contributed by atoms with Gasteiger partial charge in [-0.05, 0) is 23.8 Å². The van der Waals surface area contributed by atoms with Gasteiger partial charge in [0.25, 0.3) is 0 Å². The van der Waals surface area contributed by atoms with E-state index in [0.29, 0.717) is 0 Å². The Morgan fingerprint density at radius 3 is 2.21 bits per heavy atom. The molecule has 0 unspecified atom stereocenters. The summed E-state index contributed by atoms with van der Waals surface area (Å²) in [6.07, 6.45) is -0.274. The minimum absolute atomic E-state index is 0.0723. The highest BCUT2D eigenvalue weighted by molar-refractivity contribution is 6.31. The van der Waals surface area contributed by atoms with Crippen LogP contribution >= 0.6 is 23.2 Å². The predicted octanol–water partition coefficient (Wildman–Crippen LogP) is 4.70. The second kappa shape index (κ2) is 5.68. The maximum Gasteiger partial charge on any atom is 0.170 e. The molecule has 0 radical (unpaired) electrons. The molecular formula is C14H8Cl2F2O. The third-order valence-corrected chi connectivity index (χ3v) is 3.22. The van der Waals surface area contributed by atoms with Crippen molar-refractivity contribution in [2.45, 2.75) is 6.42 Å². The van der Waals surface area contributed by atoms with E-state index in [1.54, 1.807) is 0 Å². The van der Waals surface area contributed by atoms with Crippen LogP contribution in [0.2, 0.25) is 10.0 Å². The zero-order valence-corrected chi connectivity index (χ0v) is 11.1. The van der Waals surface area contributed by atoms with Crippen molar-refractivity contribution in [3.63, 3.8) is 0 Å². The predicted molar refractivity (Wildman–Crippen MR) is 70.9 cm³/mol. The molecule has 1 nitrogen and oxygen atoms in total. The Kier molecular flexibility index (Phi) is 4.17. The number of benzene rings is 2. The van der Waals surface area contributed by atoms with E-state index in [1.165, 1.54) is 36.4 Å². The van der Waals surface area contributed by atoms with Crippen molar-refractivity contribution in [2.75, 3.05) is 0 Å². The lowest BCUT2D eigenvalue weighted by Crippen LogP contribution is -2.08. The van der Waals surface area contributed by atoms with E-state index in [1.807, 2.05) is 0 Å². The smallest absolute Gasteiger partial charge is 0.170 e. The average molecular weight is 301 g/mol. The van der Waals surface area contributed by atoms with Crippen LogP contribution in [0.25, 0.3) is 0 Å². The van der Waals surface area contributed by atoms with Crippen LogP contribution in [0.5, 0.6) is 0 Å². The zero-order valence-electron chi connectivity index (χ0n) is 9.59. The Balaban J connectivity index is 2.31. The van der Waals surface area contributed by atoms with Crippen LogP contribution in [-0.4, -0.2) is 5.78 Å². The van der Waals surface area contributed by atoms with Gasteiger partial charge in [-0.2, -0.15) is 0 Å².